The number of anilines is 1. The molecule has 0 bridgehead atoms. The van der Waals surface area contributed by atoms with Gasteiger partial charge in [-0.1, -0.05) is 0 Å². The maximum Gasteiger partial charge on any atom is 0.270 e. The summed E-state index contributed by atoms with van der Waals surface area (Å²) in [5, 5.41) is 12.2. The van der Waals surface area contributed by atoms with Crippen LogP contribution in [0.15, 0.2) is 0 Å². The molecule has 21 heavy (non-hydrogen) atoms. The van der Waals surface area contributed by atoms with Crippen molar-refractivity contribution in [1.29, 1.82) is 0 Å². The maximum absolute atomic E-state index is 10.3. The second-order valence-electron chi connectivity index (χ2n) is 3.85. The van der Waals surface area contributed by atoms with Crippen molar-refractivity contribution in [2.75, 3.05) is 44.2 Å². The zero-order valence-corrected chi connectivity index (χ0v) is 11.3. The van der Waals surface area contributed by atoms with E-state index in [1.165, 1.54) is 0 Å². The average Bonchev–Trinajstić information content (AvgIpc) is 3.08. The third-order valence-corrected chi connectivity index (χ3v) is 2.59. The second-order valence-corrected chi connectivity index (χ2v) is 4.38. The van der Waals surface area contributed by atoms with Crippen LogP contribution >= 0.6 is 11.7 Å². The summed E-state index contributed by atoms with van der Waals surface area (Å²) in [6, 6.07) is 0. The number of aliphatic hydroxyl groups excluding tert-OH is 1. The third kappa shape index (κ3) is 5.39. The van der Waals surface area contributed by atoms with Gasteiger partial charge < -0.3 is 24.8 Å². The SMILES string of the molecule is [2H]C([2H])([2H])C(NC[C@H](O)COc1nsnc1N1C([2H])([2H])C([2H])([2H])OC([2H])([2H])C1([2H])[2H])(C([2H])([2H])[2H])C([2H])([2H])[2H]. The molecule has 1 saturated heterocycles. The van der Waals surface area contributed by atoms with E-state index in [-0.39, 0.29) is 4.90 Å². The van der Waals surface area contributed by atoms with Gasteiger partial charge in [-0.25, -0.2) is 0 Å². The van der Waals surface area contributed by atoms with Crippen LogP contribution in [0.1, 0.15) is 43.9 Å². The van der Waals surface area contributed by atoms with Gasteiger partial charge in [-0.15, -0.1) is 4.37 Å². The van der Waals surface area contributed by atoms with Crippen molar-refractivity contribution in [3.05, 3.63) is 0 Å². The second kappa shape index (κ2) is 7.35. The van der Waals surface area contributed by atoms with Crippen LogP contribution in [0.3, 0.4) is 0 Å². The van der Waals surface area contributed by atoms with Crippen LogP contribution in [-0.4, -0.2) is 64.8 Å². The van der Waals surface area contributed by atoms with Gasteiger partial charge in [0.05, 0.1) is 35.8 Å². The van der Waals surface area contributed by atoms with E-state index in [4.69, 9.17) is 28.0 Å². The summed E-state index contributed by atoms with van der Waals surface area (Å²) >= 11 is 0.335. The van der Waals surface area contributed by atoms with E-state index < -0.39 is 83.2 Å². The van der Waals surface area contributed by atoms with Crippen LogP contribution in [0.2, 0.25) is 0 Å². The van der Waals surface area contributed by atoms with Gasteiger partial charge in [0.25, 0.3) is 5.88 Å². The summed E-state index contributed by atoms with van der Waals surface area (Å²) in [5.41, 5.74) is -3.43. The number of hydrogen-bond acceptors (Lipinski definition) is 8. The standard InChI is InChI=1S/C13H24N4O3S/c1-13(2,3)14-8-10(18)9-20-12-11(15-21-16-12)17-4-6-19-7-5-17/h10,14,18H,4-9H2,1-3H3/t10-/m0/s1/i1D3,2D3,3D3,4D2,5D2,6D2,7D2. The Balaban J connectivity index is 2.31. The number of aliphatic hydroxyl groups is 1. The number of nitrogens with one attached hydrogen (secondary N) is 1. The Labute approximate surface area is 153 Å². The van der Waals surface area contributed by atoms with Gasteiger partial charge in [-0.2, -0.15) is 4.37 Å². The molecule has 1 aliphatic rings. The molecule has 0 unspecified atom stereocenters. The average molecular weight is 334 g/mol. The fourth-order valence-corrected chi connectivity index (χ4v) is 1.69. The number of hydrogen-bond donors (Lipinski definition) is 2. The Morgan fingerprint density at radius 2 is 2.29 bits per heavy atom. The molecule has 0 spiro atoms. The van der Waals surface area contributed by atoms with Crippen molar-refractivity contribution in [3.8, 4) is 5.88 Å². The van der Waals surface area contributed by atoms with Crippen molar-refractivity contribution in [3.63, 3.8) is 0 Å². The molecule has 7 nitrogen and oxygen atoms in total. The molecule has 0 radical (unpaired) electrons. The number of aromatic nitrogens is 2. The number of rotatable bonds is 6. The molecule has 1 fully saturated rings. The minimum absolute atomic E-state index is 0.00409. The molecule has 1 atom stereocenters. The first kappa shape index (κ1) is 5.02. The van der Waals surface area contributed by atoms with E-state index >= 15 is 0 Å². The van der Waals surface area contributed by atoms with Gasteiger partial charge >= 0.3 is 0 Å². The summed E-state index contributed by atoms with van der Waals surface area (Å²) in [7, 11) is 0. The fourth-order valence-electron chi connectivity index (χ4n) is 1.20. The Hall–Kier alpha value is -0.960. The molecule has 0 saturated carbocycles. The van der Waals surface area contributed by atoms with Crippen LogP contribution in [0.25, 0.3) is 0 Å². The summed E-state index contributed by atoms with van der Waals surface area (Å²) in [6.45, 7) is -26.1. The maximum atomic E-state index is 10.3. The van der Waals surface area contributed by atoms with Crippen molar-refractivity contribution < 1.29 is 37.9 Å². The molecule has 1 aromatic heterocycles. The third-order valence-electron chi connectivity index (χ3n) is 2.09. The normalized spacial score (nSPS) is 41.2. The lowest BCUT2D eigenvalue weighted by Crippen LogP contribution is -2.42. The molecule has 2 rings (SSSR count). The van der Waals surface area contributed by atoms with Crippen LogP contribution in [-0.2, 0) is 4.74 Å². The topological polar surface area (TPSA) is 79.7 Å². The quantitative estimate of drug-likeness (QED) is 0.785. The van der Waals surface area contributed by atoms with Crippen LogP contribution in [0, 0.1) is 0 Å². The smallest absolute Gasteiger partial charge is 0.270 e. The van der Waals surface area contributed by atoms with Gasteiger partial charge in [0.1, 0.15) is 12.7 Å². The van der Waals surface area contributed by atoms with E-state index in [9.17, 15) is 5.11 Å². The first-order valence-electron chi connectivity index (χ1n) is 14.1. The minimum atomic E-state index is -3.58. The van der Waals surface area contributed by atoms with E-state index in [0.717, 1.165) is 0 Å². The van der Waals surface area contributed by atoms with Crippen molar-refractivity contribution >= 4 is 17.5 Å². The molecule has 1 aromatic rings. The zero-order chi connectivity index (χ0) is 30.0. The summed E-state index contributed by atoms with van der Waals surface area (Å²) in [5.74, 6) is -1.49. The number of nitrogens with zero attached hydrogens (tertiary/aromatic N) is 3. The van der Waals surface area contributed by atoms with Gasteiger partial charge in [0.15, 0.2) is 0 Å². The predicted molar refractivity (Wildman–Crippen MR) is 82.2 cm³/mol. The van der Waals surface area contributed by atoms with Crippen LogP contribution in [0.5, 0.6) is 5.88 Å². The van der Waals surface area contributed by atoms with Crippen molar-refractivity contribution in [1.82, 2.24) is 14.1 Å². The molecular formula is C13H24N4O3S. The molecule has 2 heterocycles. The first-order chi connectivity index (χ1) is 16.7. The Morgan fingerprint density at radius 1 is 1.52 bits per heavy atom. The molecule has 1 aliphatic heterocycles. The van der Waals surface area contributed by atoms with Crippen molar-refractivity contribution in [2.24, 2.45) is 0 Å². The lowest BCUT2D eigenvalue weighted by molar-refractivity contribution is 0.0975. The Kier molecular flexibility index (Phi) is 1.76. The molecule has 0 aromatic carbocycles. The van der Waals surface area contributed by atoms with Gasteiger partial charge in [-0.05, 0) is 20.6 Å². The minimum Gasteiger partial charge on any atom is -0.472 e. The van der Waals surface area contributed by atoms with E-state index in [2.05, 4.69) is 13.5 Å². The summed E-state index contributed by atoms with van der Waals surface area (Å²) in [4.78, 5) is -0.00409. The highest BCUT2D eigenvalue weighted by molar-refractivity contribution is 6.99. The molecule has 2 N–H and O–H groups in total. The zero-order valence-electron chi connectivity index (χ0n) is 27.5. The molecular weight excluding hydrogens is 292 g/mol. The first-order valence-corrected chi connectivity index (χ1v) is 6.29. The van der Waals surface area contributed by atoms with Gasteiger partial charge in [0.2, 0.25) is 5.82 Å². The van der Waals surface area contributed by atoms with Crippen LogP contribution < -0.4 is 15.0 Å². The fraction of sp³-hybridized carbons (Fsp3) is 0.846. The van der Waals surface area contributed by atoms with E-state index in [1.807, 2.05) is 5.32 Å². The van der Waals surface area contributed by atoms with Crippen molar-refractivity contribution in [2.45, 2.75) is 32.2 Å². The number of ether oxygens (including phenoxy) is 2. The highest BCUT2D eigenvalue weighted by Crippen LogP contribution is 2.26. The monoisotopic (exact) mass is 333 g/mol. The highest BCUT2D eigenvalue weighted by atomic mass is 32.1. The number of morpholine rings is 1. The lowest BCUT2D eigenvalue weighted by Gasteiger charge is -2.27. The van der Waals surface area contributed by atoms with Crippen LogP contribution in [0.4, 0.5) is 5.82 Å². The summed E-state index contributed by atoms with van der Waals surface area (Å²) < 4.78 is 148. The van der Waals surface area contributed by atoms with E-state index in [1.54, 1.807) is 0 Å². The largest absolute Gasteiger partial charge is 0.472 e. The van der Waals surface area contributed by atoms with E-state index in [0.29, 0.717) is 11.7 Å². The lowest BCUT2D eigenvalue weighted by atomic mass is 10.1. The molecule has 8 heteroatoms. The van der Waals surface area contributed by atoms with Gasteiger partial charge in [-0.3, -0.25) is 0 Å². The predicted octanol–water partition coefficient (Wildman–Crippen LogP) is 0.502. The molecule has 0 amide bonds. The number of β-amino-alcohol motifs (C(OH)–C–C–N with tert-alkyl or cyclic N) is 1. The molecule has 120 valence electrons. The summed E-state index contributed by atoms with van der Waals surface area (Å²) in [6.07, 6.45) is -1.80. The highest BCUT2D eigenvalue weighted by Gasteiger charge is 2.21. The Bertz CT molecular complexity index is 929. The Morgan fingerprint density at radius 3 is 3.00 bits per heavy atom. The molecule has 0 aliphatic carbocycles. The van der Waals surface area contributed by atoms with Gasteiger partial charge in [0, 0.05) is 37.4 Å².